The Bertz CT molecular complexity index is 641. The van der Waals surface area contributed by atoms with Gasteiger partial charge in [0.05, 0.1) is 0 Å². The SMILES string of the molecule is Cc1cccnc1NC(=O)C(=O)Nc1ccc(F)cc1. The lowest BCUT2D eigenvalue weighted by atomic mass is 10.3. The van der Waals surface area contributed by atoms with E-state index in [0.29, 0.717) is 11.5 Å². The maximum atomic E-state index is 12.7. The number of aryl methyl sites for hydroxylation is 1. The van der Waals surface area contributed by atoms with Gasteiger partial charge in [-0.3, -0.25) is 9.59 Å². The molecular formula is C14H12FN3O2. The first kappa shape index (κ1) is 13.7. The topological polar surface area (TPSA) is 71.1 Å². The van der Waals surface area contributed by atoms with Crippen LogP contribution in [0.25, 0.3) is 0 Å². The highest BCUT2D eigenvalue weighted by molar-refractivity contribution is 6.43. The van der Waals surface area contributed by atoms with E-state index >= 15 is 0 Å². The highest BCUT2D eigenvalue weighted by Gasteiger charge is 2.15. The molecule has 102 valence electrons. The molecular weight excluding hydrogens is 261 g/mol. The minimum Gasteiger partial charge on any atom is -0.318 e. The molecule has 0 unspecified atom stereocenters. The maximum absolute atomic E-state index is 12.7. The van der Waals surface area contributed by atoms with Gasteiger partial charge in [-0.15, -0.1) is 0 Å². The second-order valence-corrected chi connectivity index (χ2v) is 4.08. The molecule has 5 nitrogen and oxygen atoms in total. The molecule has 0 saturated heterocycles. The van der Waals surface area contributed by atoms with Crippen molar-refractivity contribution in [2.45, 2.75) is 6.92 Å². The van der Waals surface area contributed by atoms with E-state index in [9.17, 15) is 14.0 Å². The van der Waals surface area contributed by atoms with Gasteiger partial charge in [0.25, 0.3) is 0 Å². The average molecular weight is 273 g/mol. The van der Waals surface area contributed by atoms with Gasteiger partial charge in [0.1, 0.15) is 11.6 Å². The number of hydrogen-bond donors (Lipinski definition) is 2. The van der Waals surface area contributed by atoms with Crippen LogP contribution in [0.1, 0.15) is 5.56 Å². The number of carbonyl (C=O) groups excluding carboxylic acids is 2. The second-order valence-electron chi connectivity index (χ2n) is 4.08. The number of pyridine rings is 1. The molecule has 0 aliphatic heterocycles. The van der Waals surface area contributed by atoms with E-state index in [0.717, 1.165) is 5.56 Å². The van der Waals surface area contributed by atoms with Crippen molar-refractivity contribution in [1.29, 1.82) is 0 Å². The summed E-state index contributed by atoms with van der Waals surface area (Å²) in [4.78, 5) is 27.3. The number of rotatable bonds is 2. The highest BCUT2D eigenvalue weighted by atomic mass is 19.1. The summed E-state index contributed by atoms with van der Waals surface area (Å²) < 4.78 is 12.7. The molecule has 0 radical (unpaired) electrons. The molecule has 0 spiro atoms. The van der Waals surface area contributed by atoms with Crippen molar-refractivity contribution in [2.75, 3.05) is 10.6 Å². The minimum atomic E-state index is -0.846. The first-order chi connectivity index (χ1) is 9.56. The first-order valence-corrected chi connectivity index (χ1v) is 5.86. The van der Waals surface area contributed by atoms with Gasteiger partial charge in [0, 0.05) is 11.9 Å². The Morgan fingerprint density at radius 1 is 1.05 bits per heavy atom. The van der Waals surface area contributed by atoms with Gasteiger partial charge in [0.15, 0.2) is 0 Å². The summed E-state index contributed by atoms with van der Waals surface area (Å²) in [7, 11) is 0. The van der Waals surface area contributed by atoms with E-state index in [1.165, 1.54) is 30.5 Å². The summed E-state index contributed by atoms with van der Waals surface area (Å²) in [5.41, 5.74) is 1.08. The van der Waals surface area contributed by atoms with Crippen molar-refractivity contribution in [1.82, 2.24) is 4.98 Å². The third-order valence-electron chi connectivity index (χ3n) is 2.55. The summed E-state index contributed by atoms with van der Waals surface area (Å²) in [5.74, 6) is -1.78. The zero-order chi connectivity index (χ0) is 14.5. The lowest BCUT2D eigenvalue weighted by molar-refractivity contribution is -0.133. The largest absolute Gasteiger partial charge is 0.318 e. The monoisotopic (exact) mass is 273 g/mol. The molecule has 2 rings (SSSR count). The van der Waals surface area contributed by atoms with Crippen LogP contribution in [0.4, 0.5) is 15.9 Å². The third kappa shape index (κ3) is 3.38. The van der Waals surface area contributed by atoms with Crippen molar-refractivity contribution in [2.24, 2.45) is 0 Å². The van der Waals surface area contributed by atoms with E-state index in [1.807, 2.05) is 0 Å². The Kier molecular flexibility index (Phi) is 4.05. The molecule has 1 aromatic heterocycles. The van der Waals surface area contributed by atoms with E-state index in [1.54, 1.807) is 19.1 Å². The quantitative estimate of drug-likeness (QED) is 0.823. The zero-order valence-corrected chi connectivity index (χ0v) is 10.7. The van der Waals surface area contributed by atoms with Gasteiger partial charge in [-0.2, -0.15) is 0 Å². The summed E-state index contributed by atoms with van der Waals surface area (Å²) in [6.07, 6.45) is 1.51. The van der Waals surface area contributed by atoms with Crippen LogP contribution in [-0.2, 0) is 9.59 Å². The molecule has 0 aliphatic rings. The summed E-state index contributed by atoms with van der Waals surface area (Å²) in [6, 6.07) is 8.61. The summed E-state index contributed by atoms with van der Waals surface area (Å²) in [5, 5.41) is 4.77. The average Bonchev–Trinajstić information content (AvgIpc) is 2.44. The highest BCUT2D eigenvalue weighted by Crippen LogP contribution is 2.10. The Labute approximate surface area is 114 Å². The van der Waals surface area contributed by atoms with E-state index in [-0.39, 0.29) is 0 Å². The molecule has 2 aromatic rings. The molecule has 2 amide bonds. The predicted octanol–water partition coefficient (Wildman–Crippen LogP) is 2.11. The molecule has 0 saturated carbocycles. The van der Waals surface area contributed by atoms with Gasteiger partial charge in [-0.25, -0.2) is 9.37 Å². The minimum absolute atomic E-state index is 0.326. The number of halogens is 1. The Balaban J connectivity index is 2.01. The van der Waals surface area contributed by atoms with Crippen LogP contribution in [0, 0.1) is 12.7 Å². The third-order valence-corrected chi connectivity index (χ3v) is 2.55. The molecule has 1 aromatic carbocycles. The van der Waals surface area contributed by atoms with Crippen LogP contribution in [0.15, 0.2) is 42.6 Å². The molecule has 0 bridgehead atoms. The lowest BCUT2D eigenvalue weighted by Crippen LogP contribution is -2.29. The molecule has 1 heterocycles. The van der Waals surface area contributed by atoms with Gasteiger partial charge >= 0.3 is 11.8 Å². The fraction of sp³-hybridized carbons (Fsp3) is 0.0714. The standard InChI is InChI=1S/C14H12FN3O2/c1-9-3-2-8-16-12(9)18-14(20)13(19)17-11-6-4-10(15)5-7-11/h2-8H,1H3,(H,17,19)(H,16,18,20). The van der Waals surface area contributed by atoms with E-state index in [2.05, 4.69) is 15.6 Å². The number of amides is 2. The van der Waals surface area contributed by atoms with E-state index in [4.69, 9.17) is 0 Å². The zero-order valence-electron chi connectivity index (χ0n) is 10.7. The maximum Gasteiger partial charge on any atom is 0.315 e. The number of aromatic nitrogens is 1. The van der Waals surface area contributed by atoms with Crippen molar-refractivity contribution >= 4 is 23.3 Å². The predicted molar refractivity (Wildman–Crippen MR) is 72.6 cm³/mol. The Morgan fingerprint density at radius 2 is 1.70 bits per heavy atom. The van der Waals surface area contributed by atoms with Gasteiger partial charge in [-0.1, -0.05) is 6.07 Å². The molecule has 0 atom stereocenters. The number of nitrogens with one attached hydrogen (secondary N) is 2. The molecule has 0 fully saturated rings. The number of nitrogens with zero attached hydrogens (tertiary/aromatic N) is 1. The summed E-state index contributed by atoms with van der Waals surface area (Å²) in [6.45, 7) is 1.76. The number of carbonyl (C=O) groups is 2. The fourth-order valence-corrected chi connectivity index (χ4v) is 1.50. The van der Waals surface area contributed by atoms with Crippen molar-refractivity contribution in [3.05, 3.63) is 54.0 Å². The second kappa shape index (κ2) is 5.92. The normalized spacial score (nSPS) is 9.90. The van der Waals surface area contributed by atoms with Crippen LogP contribution in [0.5, 0.6) is 0 Å². The van der Waals surface area contributed by atoms with Crippen LogP contribution >= 0.6 is 0 Å². The van der Waals surface area contributed by atoms with Gasteiger partial charge < -0.3 is 10.6 Å². The van der Waals surface area contributed by atoms with Crippen molar-refractivity contribution < 1.29 is 14.0 Å². The van der Waals surface area contributed by atoms with E-state index < -0.39 is 17.6 Å². The van der Waals surface area contributed by atoms with Gasteiger partial charge in [-0.05, 0) is 42.8 Å². The fourth-order valence-electron chi connectivity index (χ4n) is 1.50. The Hall–Kier alpha value is -2.76. The molecule has 20 heavy (non-hydrogen) atoms. The summed E-state index contributed by atoms with van der Waals surface area (Å²) >= 11 is 0. The smallest absolute Gasteiger partial charge is 0.315 e. The van der Waals surface area contributed by atoms with Gasteiger partial charge in [0.2, 0.25) is 0 Å². The number of anilines is 2. The molecule has 2 N–H and O–H groups in total. The number of hydrogen-bond acceptors (Lipinski definition) is 3. The van der Waals surface area contributed by atoms with Crippen LogP contribution < -0.4 is 10.6 Å². The van der Waals surface area contributed by atoms with Crippen LogP contribution in [0.3, 0.4) is 0 Å². The van der Waals surface area contributed by atoms with Crippen molar-refractivity contribution in [3.63, 3.8) is 0 Å². The molecule has 6 heteroatoms. The Morgan fingerprint density at radius 3 is 2.35 bits per heavy atom. The first-order valence-electron chi connectivity index (χ1n) is 5.86. The number of benzene rings is 1. The van der Waals surface area contributed by atoms with Crippen molar-refractivity contribution in [3.8, 4) is 0 Å². The lowest BCUT2D eigenvalue weighted by Gasteiger charge is -2.07. The van der Waals surface area contributed by atoms with Crippen LogP contribution in [0.2, 0.25) is 0 Å². The molecule has 0 aliphatic carbocycles. The van der Waals surface area contributed by atoms with Crippen LogP contribution in [-0.4, -0.2) is 16.8 Å².